The number of rotatable bonds is 15. The highest BCUT2D eigenvalue weighted by Crippen LogP contribution is 2.20. The smallest absolute Gasteiger partial charge is 0.242 e. The Bertz CT molecular complexity index is 1110. The summed E-state index contributed by atoms with van der Waals surface area (Å²) in [6.45, 7) is 6.74. The molecule has 1 N–H and O–H groups in total. The van der Waals surface area contributed by atoms with Crippen LogP contribution in [0.1, 0.15) is 64.0 Å². The number of nitrogens with zero attached hydrogens (tertiary/aromatic N) is 2. The zero-order valence-electron chi connectivity index (χ0n) is 22.4. The summed E-state index contributed by atoms with van der Waals surface area (Å²) in [7, 11) is -3.55. The lowest BCUT2D eigenvalue weighted by Crippen LogP contribution is -2.49. The number of hydrogen-bond acceptors (Lipinski definition) is 4. The Labute approximate surface area is 221 Å². The van der Waals surface area contributed by atoms with Crippen LogP contribution < -0.4 is 9.62 Å². The van der Waals surface area contributed by atoms with Gasteiger partial charge in [-0.15, -0.1) is 0 Å². The summed E-state index contributed by atoms with van der Waals surface area (Å²) >= 11 is 0. The maximum absolute atomic E-state index is 13.4. The number of nitrogens with one attached hydrogen (secondary N) is 1. The van der Waals surface area contributed by atoms with Gasteiger partial charge in [0.1, 0.15) is 11.9 Å². The zero-order chi connectivity index (χ0) is 27.4. The molecule has 204 valence electrons. The highest BCUT2D eigenvalue weighted by atomic mass is 32.2. The van der Waals surface area contributed by atoms with Crippen LogP contribution in [0.5, 0.6) is 0 Å². The van der Waals surface area contributed by atoms with Crippen LogP contribution >= 0.6 is 0 Å². The van der Waals surface area contributed by atoms with E-state index in [9.17, 15) is 22.4 Å². The van der Waals surface area contributed by atoms with Crippen LogP contribution in [0.3, 0.4) is 0 Å². The second kappa shape index (κ2) is 14.7. The third kappa shape index (κ3) is 9.46. The van der Waals surface area contributed by atoms with Crippen molar-refractivity contribution in [2.45, 2.75) is 71.9 Å². The van der Waals surface area contributed by atoms with E-state index in [1.165, 1.54) is 21.3 Å². The number of halogens is 1. The molecule has 0 spiro atoms. The van der Waals surface area contributed by atoms with Gasteiger partial charge in [-0.05, 0) is 61.1 Å². The summed E-state index contributed by atoms with van der Waals surface area (Å²) < 4.78 is 39.7. The van der Waals surface area contributed by atoms with Gasteiger partial charge in [-0.2, -0.15) is 0 Å². The van der Waals surface area contributed by atoms with E-state index in [2.05, 4.69) is 5.32 Å². The lowest BCUT2D eigenvalue weighted by molar-refractivity contribution is -0.141. The molecular formula is C28H40FN3O4S. The molecule has 0 saturated heterocycles. The molecule has 0 aliphatic heterocycles. The van der Waals surface area contributed by atoms with Gasteiger partial charge in [0.05, 0.1) is 11.9 Å². The van der Waals surface area contributed by atoms with Crippen LogP contribution in [0.2, 0.25) is 0 Å². The van der Waals surface area contributed by atoms with Gasteiger partial charge in [-0.1, -0.05) is 51.5 Å². The fourth-order valence-electron chi connectivity index (χ4n) is 4.11. The predicted molar refractivity (Wildman–Crippen MR) is 146 cm³/mol. The van der Waals surface area contributed by atoms with Crippen molar-refractivity contribution < 1.29 is 22.4 Å². The van der Waals surface area contributed by atoms with E-state index in [0.29, 0.717) is 24.2 Å². The minimum Gasteiger partial charge on any atom is -0.354 e. The summed E-state index contributed by atoms with van der Waals surface area (Å²) in [6.07, 6.45) is 4.56. The highest BCUT2D eigenvalue weighted by Gasteiger charge is 2.28. The molecule has 0 fully saturated rings. The first kappa shape index (κ1) is 30.3. The van der Waals surface area contributed by atoms with E-state index in [1.54, 1.807) is 24.3 Å². The molecule has 2 amide bonds. The van der Waals surface area contributed by atoms with Crippen molar-refractivity contribution >= 4 is 27.5 Å². The SMILES string of the molecule is CCCCNC(=O)C(CC)N(Cc1ccc(F)cc1)C(=O)CCCN(c1ccc(CC)cc1)S(C)(=O)=O. The quantitative estimate of drug-likeness (QED) is 0.338. The van der Waals surface area contributed by atoms with Crippen LogP contribution in [0.15, 0.2) is 48.5 Å². The minimum atomic E-state index is -3.55. The van der Waals surface area contributed by atoms with Gasteiger partial charge in [0, 0.05) is 26.1 Å². The Hall–Kier alpha value is -2.94. The largest absolute Gasteiger partial charge is 0.354 e. The summed E-state index contributed by atoms with van der Waals surface area (Å²) in [4.78, 5) is 27.9. The van der Waals surface area contributed by atoms with Gasteiger partial charge >= 0.3 is 0 Å². The molecule has 1 unspecified atom stereocenters. The minimum absolute atomic E-state index is 0.0685. The molecule has 0 heterocycles. The van der Waals surface area contributed by atoms with E-state index in [0.717, 1.165) is 31.1 Å². The van der Waals surface area contributed by atoms with Crippen molar-refractivity contribution in [3.63, 3.8) is 0 Å². The number of carbonyl (C=O) groups excluding carboxylic acids is 2. The third-order valence-electron chi connectivity index (χ3n) is 6.27. The summed E-state index contributed by atoms with van der Waals surface area (Å²) in [6, 6.07) is 12.5. The number of anilines is 1. The summed E-state index contributed by atoms with van der Waals surface area (Å²) in [5.74, 6) is -0.851. The van der Waals surface area contributed by atoms with Crippen LogP contribution in [0, 0.1) is 5.82 Å². The Morgan fingerprint density at radius 3 is 2.11 bits per heavy atom. The van der Waals surface area contributed by atoms with Gasteiger partial charge < -0.3 is 10.2 Å². The predicted octanol–water partition coefficient (Wildman–Crippen LogP) is 4.66. The average molecular weight is 534 g/mol. The molecule has 2 rings (SSSR count). The molecule has 37 heavy (non-hydrogen) atoms. The average Bonchev–Trinajstić information content (AvgIpc) is 2.87. The van der Waals surface area contributed by atoms with E-state index in [-0.39, 0.29) is 43.6 Å². The molecular weight excluding hydrogens is 493 g/mol. The van der Waals surface area contributed by atoms with E-state index >= 15 is 0 Å². The highest BCUT2D eigenvalue weighted by molar-refractivity contribution is 7.92. The molecule has 0 aromatic heterocycles. The maximum atomic E-state index is 13.4. The van der Waals surface area contributed by atoms with Crippen LogP contribution in [0.25, 0.3) is 0 Å². The normalized spacial score (nSPS) is 12.1. The Balaban J connectivity index is 2.18. The fraction of sp³-hybridized carbons (Fsp3) is 0.500. The number of amides is 2. The molecule has 0 saturated carbocycles. The monoisotopic (exact) mass is 533 g/mol. The molecule has 0 aliphatic rings. The number of sulfonamides is 1. The van der Waals surface area contributed by atoms with Crippen molar-refractivity contribution in [1.82, 2.24) is 10.2 Å². The van der Waals surface area contributed by atoms with Gasteiger partial charge in [0.2, 0.25) is 21.8 Å². The van der Waals surface area contributed by atoms with Crippen molar-refractivity contribution in [2.24, 2.45) is 0 Å². The molecule has 2 aromatic rings. The van der Waals surface area contributed by atoms with E-state index in [1.807, 2.05) is 32.9 Å². The second-order valence-corrected chi connectivity index (χ2v) is 11.1. The molecule has 2 aromatic carbocycles. The summed E-state index contributed by atoms with van der Waals surface area (Å²) in [5, 5.41) is 2.91. The lowest BCUT2D eigenvalue weighted by Gasteiger charge is -2.31. The Kier molecular flexibility index (Phi) is 12.0. The van der Waals surface area contributed by atoms with Gasteiger partial charge in [-0.25, -0.2) is 12.8 Å². The second-order valence-electron chi connectivity index (χ2n) is 9.18. The topological polar surface area (TPSA) is 86.8 Å². The number of aryl methyl sites for hydroxylation is 1. The molecule has 9 heteroatoms. The lowest BCUT2D eigenvalue weighted by atomic mass is 10.1. The van der Waals surface area contributed by atoms with Gasteiger partial charge in [-0.3, -0.25) is 13.9 Å². The number of hydrogen-bond donors (Lipinski definition) is 1. The van der Waals surface area contributed by atoms with E-state index < -0.39 is 16.1 Å². The Morgan fingerprint density at radius 1 is 0.946 bits per heavy atom. The van der Waals surface area contributed by atoms with Crippen LogP contribution in [-0.4, -0.2) is 50.5 Å². The standard InChI is InChI=1S/C28H40FN3O4S/c1-5-8-19-30-28(34)26(7-3)31(21-23-11-15-24(29)16-12-23)27(33)10-9-20-32(37(4,35)36)25-17-13-22(6-2)14-18-25/h11-18,26H,5-10,19-21H2,1-4H3,(H,30,34). The number of carbonyl (C=O) groups is 2. The first-order chi connectivity index (χ1) is 17.6. The maximum Gasteiger partial charge on any atom is 0.242 e. The van der Waals surface area contributed by atoms with Crippen LogP contribution in [-0.2, 0) is 32.6 Å². The molecule has 7 nitrogen and oxygen atoms in total. The third-order valence-corrected chi connectivity index (χ3v) is 7.46. The summed E-state index contributed by atoms with van der Waals surface area (Å²) in [5.41, 5.74) is 2.37. The number of benzene rings is 2. The molecule has 0 bridgehead atoms. The van der Waals surface area contributed by atoms with Crippen molar-refractivity contribution in [3.05, 3.63) is 65.5 Å². The fourth-order valence-corrected chi connectivity index (χ4v) is 5.08. The van der Waals surface area contributed by atoms with Crippen LogP contribution in [0.4, 0.5) is 10.1 Å². The molecule has 0 aliphatic carbocycles. The van der Waals surface area contributed by atoms with Crippen molar-refractivity contribution in [1.29, 1.82) is 0 Å². The first-order valence-corrected chi connectivity index (χ1v) is 14.8. The zero-order valence-corrected chi connectivity index (χ0v) is 23.2. The van der Waals surface area contributed by atoms with E-state index in [4.69, 9.17) is 0 Å². The molecule has 1 atom stereocenters. The number of unbranched alkanes of at least 4 members (excludes halogenated alkanes) is 1. The van der Waals surface area contributed by atoms with Gasteiger partial charge in [0.25, 0.3) is 0 Å². The van der Waals surface area contributed by atoms with Crippen molar-refractivity contribution in [2.75, 3.05) is 23.7 Å². The Morgan fingerprint density at radius 2 is 1.57 bits per heavy atom. The van der Waals surface area contributed by atoms with Gasteiger partial charge in [0.15, 0.2) is 0 Å². The van der Waals surface area contributed by atoms with Crippen molar-refractivity contribution in [3.8, 4) is 0 Å². The first-order valence-electron chi connectivity index (χ1n) is 13.0. The molecule has 0 radical (unpaired) electrons.